The van der Waals surface area contributed by atoms with Crippen LogP contribution in [0.25, 0.3) is 0 Å². The first-order valence-corrected chi connectivity index (χ1v) is 5.17. The predicted octanol–water partition coefficient (Wildman–Crippen LogP) is 3.62. The highest BCUT2D eigenvalue weighted by Gasteiger charge is 2.06. The Labute approximate surface area is 78.3 Å². The van der Waals surface area contributed by atoms with Gasteiger partial charge in [-0.15, -0.1) is 11.8 Å². The summed E-state index contributed by atoms with van der Waals surface area (Å²) in [5, 5.41) is 0. The second-order valence-electron chi connectivity index (χ2n) is 2.21. The summed E-state index contributed by atoms with van der Waals surface area (Å²) >= 11 is 4.73. The number of halogens is 2. The number of hydrogen-bond acceptors (Lipinski definition) is 1. The summed E-state index contributed by atoms with van der Waals surface area (Å²) in [5.74, 6) is -0.156. The van der Waals surface area contributed by atoms with E-state index in [2.05, 4.69) is 15.9 Å². The zero-order valence-corrected chi connectivity index (χ0v) is 8.72. The van der Waals surface area contributed by atoms with Crippen molar-refractivity contribution in [2.75, 3.05) is 6.26 Å². The summed E-state index contributed by atoms with van der Waals surface area (Å²) in [6.45, 7) is 1.75. The second-order valence-corrected chi connectivity index (χ2v) is 3.85. The number of benzene rings is 1. The SMILES string of the molecule is CSc1ccc(C)c(F)c1Br. The van der Waals surface area contributed by atoms with E-state index in [-0.39, 0.29) is 5.82 Å². The van der Waals surface area contributed by atoms with Gasteiger partial charge in [0.15, 0.2) is 0 Å². The summed E-state index contributed by atoms with van der Waals surface area (Å²) in [5.41, 5.74) is 0.676. The van der Waals surface area contributed by atoms with Crippen LogP contribution in [0.5, 0.6) is 0 Å². The Hall–Kier alpha value is -0.0200. The fourth-order valence-electron chi connectivity index (χ4n) is 0.786. The molecule has 0 fully saturated rings. The molecule has 0 amide bonds. The van der Waals surface area contributed by atoms with Crippen molar-refractivity contribution in [3.05, 3.63) is 28.0 Å². The Kier molecular flexibility index (Phi) is 2.96. The molecule has 0 radical (unpaired) electrons. The minimum Gasteiger partial charge on any atom is -0.205 e. The van der Waals surface area contributed by atoms with Gasteiger partial charge in [-0.1, -0.05) is 6.07 Å². The third kappa shape index (κ3) is 1.76. The van der Waals surface area contributed by atoms with Gasteiger partial charge in [0.2, 0.25) is 0 Å². The van der Waals surface area contributed by atoms with Crippen LogP contribution in [0.3, 0.4) is 0 Å². The highest BCUT2D eigenvalue weighted by atomic mass is 79.9. The van der Waals surface area contributed by atoms with Crippen LogP contribution in [0.1, 0.15) is 5.56 Å². The Morgan fingerprint density at radius 2 is 2.09 bits per heavy atom. The normalized spacial score (nSPS) is 10.2. The van der Waals surface area contributed by atoms with E-state index in [9.17, 15) is 4.39 Å². The van der Waals surface area contributed by atoms with Crippen LogP contribution in [0.15, 0.2) is 21.5 Å². The Balaban J connectivity index is 3.25. The number of aryl methyl sites for hydroxylation is 1. The van der Waals surface area contributed by atoms with Crippen LogP contribution < -0.4 is 0 Å². The van der Waals surface area contributed by atoms with Crippen LogP contribution in [0, 0.1) is 12.7 Å². The van der Waals surface area contributed by atoms with Gasteiger partial charge in [0.05, 0.1) is 4.47 Å². The van der Waals surface area contributed by atoms with Crippen LogP contribution in [0.2, 0.25) is 0 Å². The van der Waals surface area contributed by atoms with E-state index >= 15 is 0 Å². The summed E-state index contributed by atoms with van der Waals surface area (Å²) in [7, 11) is 0. The molecule has 60 valence electrons. The highest BCUT2D eigenvalue weighted by Crippen LogP contribution is 2.29. The maximum Gasteiger partial charge on any atom is 0.141 e. The minimum atomic E-state index is -0.156. The fraction of sp³-hybridized carbons (Fsp3) is 0.250. The van der Waals surface area contributed by atoms with Crippen molar-refractivity contribution in [3.63, 3.8) is 0 Å². The molecule has 11 heavy (non-hydrogen) atoms. The molecule has 0 N–H and O–H groups in total. The molecule has 0 aliphatic heterocycles. The molecule has 1 aromatic rings. The molecule has 3 heteroatoms. The van der Waals surface area contributed by atoms with Crippen molar-refractivity contribution in [2.45, 2.75) is 11.8 Å². The molecule has 0 unspecified atom stereocenters. The zero-order chi connectivity index (χ0) is 8.43. The Morgan fingerprint density at radius 1 is 1.45 bits per heavy atom. The average molecular weight is 235 g/mol. The van der Waals surface area contributed by atoms with Gasteiger partial charge >= 0.3 is 0 Å². The van der Waals surface area contributed by atoms with E-state index in [0.29, 0.717) is 10.0 Å². The third-order valence-corrected chi connectivity index (χ3v) is 3.28. The van der Waals surface area contributed by atoms with E-state index < -0.39 is 0 Å². The van der Waals surface area contributed by atoms with Crippen LogP contribution in [0.4, 0.5) is 4.39 Å². The van der Waals surface area contributed by atoms with Crippen molar-refractivity contribution in [1.82, 2.24) is 0 Å². The lowest BCUT2D eigenvalue weighted by Gasteiger charge is -2.03. The molecule has 0 saturated heterocycles. The number of hydrogen-bond donors (Lipinski definition) is 0. The fourth-order valence-corrected chi connectivity index (χ4v) is 2.19. The molecule has 0 aromatic heterocycles. The Bertz CT molecular complexity index is 273. The largest absolute Gasteiger partial charge is 0.205 e. The molecule has 1 aromatic carbocycles. The van der Waals surface area contributed by atoms with Gasteiger partial charge in [-0.05, 0) is 40.7 Å². The molecule has 0 spiro atoms. The van der Waals surface area contributed by atoms with Gasteiger partial charge in [0.25, 0.3) is 0 Å². The Morgan fingerprint density at radius 3 is 2.64 bits per heavy atom. The number of rotatable bonds is 1. The third-order valence-electron chi connectivity index (χ3n) is 1.46. The van der Waals surface area contributed by atoms with E-state index in [1.807, 2.05) is 12.3 Å². The quantitative estimate of drug-likeness (QED) is 0.670. The van der Waals surface area contributed by atoms with Gasteiger partial charge in [0, 0.05) is 4.90 Å². The molecule has 1 rings (SSSR count). The molecule has 0 bridgehead atoms. The van der Waals surface area contributed by atoms with Gasteiger partial charge < -0.3 is 0 Å². The van der Waals surface area contributed by atoms with Crippen LogP contribution in [-0.2, 0) is 0 Å². The maximum absolute atomic E-state index is 13.1. The van der Waals surface area contributed by atoms with Crippen molar-refractivity contribution in [1.29, 1.82) is 0 Å². The first kappa shape index (κ1) is 9.07. The molecule has 0 heterocycles. The van der Waals surface area contributed by atoms with Crippen LogP contribution >= 0.6 is 27.7 Å². The molecule has 0 saturated carbocycles. The molecule has 0 aliphatic carbocycles. The van der Waals surface area contributed by atoms with E-state index in [1.165, 1.54) is 11.8 Å². The van der Waals surface area contributed by atoms with Crippen molar-refractivity contribution >= 4 is 27.7 Å². The lowest BCUT2D eigenvalue weighted by Crippen LogP contribution is -1.85. The summed E-state index contributed by atoms with van der Waals surface area (Å²) in [6.07, 6.45) is 1.93. The first-order chi connectivity index (χ1) is 5.16. The topological polar surface area (TPSA) is 0 Å². The molecule has 0 aliphatic rings. The van der Waals surface area contributed by atoms with Crippen LogP contribution in [-0.4, -0.2) is 6.26 Å². The smallest absolute Gasteiger partial charge is 0.141 e. The maximum atomic E-state index is 13.1. The minimum absolute atomic E-state index is 0.156. The van der Waals surface area contributed by atoms with Gasteiger partial charge in [0.1, 0.15) is 5.82 Å². The van der Waals surface area contributed by atoms with Gasteiger partial charge in [-0.2, -0.15) is 0 Å². The van der Waals surface area contributed by atoms with Crippen molar-refractivity contribution < 1.29 is 4.39 Å². The lowest BCUT2D eigenvalue weighted by atomic mass is 10.2. The average Bonchev–Trinajstić information content (AvgIpc) is 2.01. The van der Waals surface area contributed by atoms with Crippen molar-refractivity contribution in [2.24, 2.45) is 0 Å². The highest BCUT2D eigenvalue weighted by molar-refractivity contribution is 9.10. The zero-order valence-electron chi connectivity index (χ0n) is 6.32. The molecular formula is C8H8BrFS. The van der Waals surface area contributed by atoms with E-state index in [1.54, 1.807) is 13.0 Å². The first-order valence-electron chi connectivity index (χ1n) is 3.15. The lowest BCUT2D eigenvalue weighted by molar-refractivity contribution is 0.607. The monoisotopic (exact) mass is 234 g/mol. The van der Waals surface area contributed by atoms with Gasteiger partial charge in [-0.3, -0.25) is 0 Å². The molecular weight excluding hydrogens is 227 g/mol. The molecule has 0 atom stereocenters. The van der Waals surface area contributed by atoms with E-state index in [0.717, 1.165) is 4.90 Å². The number of thioether (sulfide) groups is 1. The van der Waals surface area contributed by atoms with Gasteiger partial charge in [-0.25, -0.2) is 4.39 Å². The predicted molar refractivity (Wildman–Crippen MR) is 50.6 cm³/mol. The standard InChI is InChI=1S/C8H8BrFS/c1-5-3-4-6(11-2)7(9)8(5)10/h3-4H,1-2H3. The summed E-state index contributed by atoms with van der Waals surface area (Å²) in [4.78, 5) is 0.938. The summed E-state index contributed by atoms with van der Waals surface area (Å²) < 4.78 is 13.7. The van der Waals surface area contributed by atoms with Crippen molar-refractivity contribution in [3.8, 4) is 0 Å². The second kappa shape index (κ2) is 3.59. The summed E-state index contributed by atoms with van der Waals surface area (Å²) in [6, 6.07) is 3.69. The molecule has 0 nitrogen and oxygen atoms in total. The van der Waals surface area contributed by atoms with E-state index in [4.69, 9.17) is 0 Å².